The molecular weight excluding hydrogens is 209 g/mol. The van der Waals surface area contributed by atoms with Gasteiger partial charge in [0.2, 0.25) is 0 Å². The van der Waals surface area contributed by atoms with Crippen molar-refractivity contribution < 1.29 is 18.0 Å². The van der Waals surface area contributed by atoms with Gasteiger partial charge < -0.3 is 0 Å². The summed E-state index contributed by atoms with van der Waals surface area (Å²) in [6.07, 6.45) is 0. The average molecular weight is 218 g/mol. The first-order valence-electron chi connectivity index (χ1n) is 4.08. The maximum absolute atomic E-state index is 12.8. The minimum atomic E-state index is -1.49. The van der Waals surface area contributed by atoms with E-state index in [1.165, 1.54) is 6.92 Å². The van der Waals surface area contributed by atoms with Gasteiger partial charge in [-0.2, -0.15) is 0 Å². The third-order valence-corrected chi connectivity index (χ3v) is 3.60. The Hall–Kier alpha value is -1.10. The summed E-state index contributed by atoms with van der Waals surface area (Å²) in [5, 5.41) is 0. The number of hydrogen-bond donors (Lipinski definition) is 0. The predicted molar refractivity (Wildman–Crippen MR) is 49.7 cm³/mol. The van der Waals surface area contributed by atoms with Crippen molar-refractivity contribution in [3.05, 3.63) is 35.1 Å². The SMILES string of the molecule is CC(=O)C([SiH3])c1cc(F)c(F)c(F)c1. The zero-order chi connectivity index (χ0) is 10.9. The lowest BCUT2D eigenvalue weighted by atomic mass is 10.1. The molecule has 0 aliphatic rings. The van der Waals surface area contributed by atoms with E-state index in [-0.39, 0.29) is 11.3 Å². The monoisotopic (exact) mass is 218 g/mol. The van der Waals surface area contributed by atoms with Crippen LogP contribution in [-0.2, 0) is 4.79 Å². The highest BCUT2D eigenvalue weighted by Gasteiger charge is 2.16. The summed E-state index contributed by atoms with van der Waals surface area (Å²) in [6, 6.07) is 1.74. The third kappa shape index (κ3) is 2.04. The van der Waals surface area contributed by atoms with Crippen molar-refractivity contribution in [2.24, 2.45) is 0 Å². The van der Waals surface area contributed by atoms with Gasteiger partial charge in [-0.15, -0.1) is 0 Å². The van der Waals surface area contributed by atoms with Crippen LogP contribution in [-0.4, -0.2) is 16.0 Å². The van der Waals surface area contributed by atoms with E-state index in [0.29, 0.717) is 10.2 Å². The van der Waals surface area contributed by atoms with Gasteiger partial charge in [0.15, 0.2) is 17.5 Å². The molecule has 1 atom stereocenters. The lowest BCUT2D eigenvalue weighted by molar-refractivity contribution is -0.116. The Morgan fingerprint density at radius 1 is 1.29 bits per heavy atom. The molecule has 0 N–H and O–H groups in total. The van der Waals surface area contributed by atoms with Crippen LogP contribution in [0.25, 0.3) is 0 Å². The molecule has 0 spiro atoms. The van der Waals surface area contributed by atoms with Gasteiger partial charge in [0.05, 0.1) is 0 Å². The molecule has 1 aromatic carbocycles. The molecule has 0 bridgehead atoms. The Kier molecular flexibility index (Phi) is 3.10. The minimum Gasteiger partial charge on any atom is -0.300 e. The maximum atomic E-state index is 12.8. The molecule has 0 radical (unpaired) electrons. The highest BCUT2D eigenvalue weighted by molar-refractivity contribution is 6.24. The number of hydrogen-bond acceptors (Lipinski definition) is 1. The Bertz CT molecular complexity index is 355. The van der Waals surface area contributed by atoms with Gasteiger partial charge in [-0.25, -0.2) is 13.2 Å². The van der Waals surface area contributed by atoms with Crippen molar-refractivity contribution >= 4 is 16.0 Å². The van der Waals surface area contributed by atoms with Crippen molar-refractivity contribution in [2.45, 2.75) is 12.5 Å². The standard InChI is InChI=1S/C9H9F3OSi/c1-4(13)9(14)5-2-6(10)8(12)7(11)3-5/h2-3,9H,1,14H3. The number of Topliss-reactive ketones (excluding diaryl/α,β-unsaturated/α-hetero) is 1. The Labute approximate surface area is 82.4 Å². The molecule has 1 rings (SSSR count). The van der Waals surface area contributed by atoms with Crippen molar-refractivity contribution in [3.8, 4) is 0 Å². The molecule has 5 heteroatoms. The first kappa shape index (κ1) is 11.0. The van der Waals surface area contributed by atoms with Gasteiger partial charge >= 0.3 is 0 Å². The van der Waals surface area contributed by atoms with Crippen molar-refractivity contribution in [1.82, 2.24) is 0 Å². The summed E-state index contributed by atoms with van der Waals surface area (Å²) < 4.78 is 38.1. The number of rotatable bonds is 2. The molecule has 0 saturated carbocycles. The topological polar surface area (TPSA) is 17.1 Å². The number of halogens is 3. The summed E-state index contributed by atoms with van der Waals surface area (Å²) in [7, 11) is 0.450. The smallest absolute Gasteiger partial charge is 0.194 e. The molecule has 1 unspecified atom stereocenters. The van der Waals surface area contributed by atoms with Crippen LogP contribution in [0.3, 0.4) is 0 Å². The van der Waals surface area contributed by atoms with Gasteiger partial charge in [-0.1, -0.05) is 0 Å². The zero-order valence-corrected chi connectivity index (χ0v) is 9.77. The van der Waals surface area contributed by atoms with Gasteiger partial charge in [0, 0.05) is 15.8 Å². The fourth-order valence-electron chi connectivity index (χ4n) is 1.06. The number of benzene rings is 1. The highest BCUT2D eigenvalue weighted by atomic mass is 28.1. The van der Waals surface area contributed by atoms with Crippen LogP contribution in [0.4, 0.5) is 13.2 Å². The molecule has 76 valence electrons. The van der Waals surface area contributed by atoms with E-state index in [4.69, 9.17) is 0 Å². The molecule has 0 saturated heterocycles. The Balaban J connectivity index is 3.19. The molecule has 0 heterocycles. The number of ketones is 1. The first-order chi connectivity index (χ1) is 6.43. The normalized spacial score (nSPS) is 12.9. The largest absolute Gasteiger partial charge is 0.300 e. The summed E-state index contributed by atoms with van der Waals surface area (Å²) in [5.41, 5.74) is -0.278. The fraction of sp³-hybridized carbons (Fsp3) is 0.222. The first-order valence-corrected chi connectivity index (χ1v) is 5.24. The predicted octanol–water partition coefficient (Wildman–Crippen LogP) is 1.10. The molecule has 0 amide bonds. The van der Waals surface area contributed by atoms with Crippen molar-refractivity contribution in [1.29, 1.82) is 0 Å². The highest BCUT2D eigenvalue weighted by Crippen LogP contribution is 2.19. The third-order valence-electron chi connectivity index (χ3n) is 2.12. The molecule has 0 aromatic heterocycles. The average Bonchev–Trinajstić information content (AvgIpc) is 2.12. The van der Waals surface area contributed by atoms with E-state index in [1.807, 2.05) is 0 Å². The van der Waals surface area contributed by atoms with Crippen LogP contribution < -0.4 is 0 Å². The fourth-order valence-corrected chi connectivity index (χ4v) is 1.39. The molecular formula is C9H9F3OSi. The van der Waals surface area contributed by atoms with Crippen LogP contribution in [0.5, 0.6) is 0 Å². The second-order valence-electron chi connectivity index (χ2n) is 3.13. The second-order valence-corrected chi connectivity index (χ2v) is 4.29. The van der Waals surface area contributed by atoms with E-state index >= 15 is 0 Å². The van der Waals surface area contributed by atoms with Gasteiger partial charge in [0.25, 0.3) is 0 Å². The Morgan fingerprint density at radius 3 is 2.07 bits per heavy atom. The summed E-state index contributed by atoms with van der Waals surface area (Å²) in [4.78, 5) is 10.9. The van der Waals surface area contributed by atoms with E-state index < -0.39 is 23.0 Å². The second kappa shape index (κ2) is 3.96. The molecule has 1 nitrogen and oxygen atoms in total. The number of carbonyl (C=O) groups excluding carboxylic acids is 1. The van der Waals surface area contributed by atoms with Crippen LogP contribution in [0, 0.1) is 17.5 Å². The van der Waals surface area contributed by atoms with Crippen LogP contribution in [0.1, 0.15) is 18.0 Å². The van der Waals surface area contributed by atoms with Crippen LogP contribution in [0.15, 0.2) is 12.1 Å². The number of carbonyl (C=O) groups is 1. The van der Waals surface area contributed by atoms with Gasteiger partial charge in [0.1, 0.15) is 5.78 Å². The van der Waals surface area contributed by atoms with E-state index in [1.54, 1.807) is 0 Å². The zero-order valence-electron chi connectivity index (χ0n) is 7.77. The molecule has 0 aliphatic carbocycles. The van der Waals surface area contributed by atoms with Crippen LogP contribution >= 0.6 is 0 Å². The molecule has 1 aromatic rings. The van der Waals surface area contributed by atoms with Gasteiger partial charge in [-0.05, 0) is 24.6 Å². The summed E-state index contributed by atoms with van der Waals surface area (Å²) in [6.45, 7) is 1.34. The maximum Gasteiger partial charge on any atom is 0.194 e. The minimum absolute atomic E-state index is 0.165. The molecule has 0 fully saturated rings. The summed E-state index contributed by atoms with van der Waals surface area (Å²) in [5.74, 6) is -4.16. The lowest BCUT2D eigenvalue weighted by Crippen LogP contribution is -2.10. The molecule has 14 heavy (non-hydrogen) atoms. The van der Waals surface area contributed by atoms with E-state index in [0.717, 1.165) is 12.1 Å². The van der Waals surface area contributed by atoms with Crippen molar-refractivity contribution in [3.63, 3.8) is 0 Å². The van der Waals surface area contributed by atoms with Crippen molar-refractivity contribution in [2.75, 3.05) is 0 Å². The molecule has 0 aliphatic heterocycles. The van der Waals surface area contributed by atoms with Gasteiger partial charge in [-0.3, -0.25) is 4.79 Å². The quantitative estimate of drug-likeness (QED) is 0.536. The van der Waals surface area contributed by atoms with E-state index in [2.05, 4.69) is 0 Å². The lowest BCUT2D eigenvalue weighted by Gasteiger charge is -2.08. The Morgan fingerprint density at radius 2 is 1.71 bits per heavy atom. The van der Waals surface area contributed by atoms with Crippen LogP contribution in [0.2, 0.25) is 0 Å². The van der Waals surface area contributed by atoms with E-state index in [9.17, 15) is 18.0 Å². The summed E-state index contributed by atoms with van der Waals surface area (Å²) >= 11 is 0.